The maximum Gasteiger partial charge on any atom is 0.407 e. The van der Waals surface area contributed by atoms with E-state index in [0.29, 0.717) is 38.8 Å². The van der Waals surface area contributed by atoms with Crippen LogP contribution >= 0.6 is 0 Å². The van der Waals surface area contributed by atoms with Crippen molar-refractivity contribution in [1.82, 2.24) is 15.5 Å². The fourth-order valence-corrected chi connectivity index (χ4v) is 10.6. The lowest BCUT2D eigenvalue weighted by atomic mass is 9.74. The van der Waals surface area contributed by atoms with Crippen molar-refractivity contribution in [2.45, 2.75) is 211 Å². The number of rotatable bonds is 17. The van der Waals surface area contributed by atoms with Crippen molar-refractivity contribution in [3.05, 3.63) is 35.9 Å². The molecule has 18 nitrogen and oxygen atoms in total. The van der Waals surface area contributed by atoms with Gasteiger partial charge in [0.1, 0.15) is 29.2 Å². The van der Waals surface area contributed by atoms with E-state index in [2.05, 4.69) is 10.6 Å². The summed E-state index contributed by atoms with van der Waals surface area (Å²) in [6.45, 7) is 17.8. The number of ether oxygens (including phenoxy) is 8. The van der Waals surface area contributed by atoms with E-state index in [-0.39, 0.29) is 43.1 Å². The van der Waals surface area contributed by atoms with Gasteiger partial charge in [-0.15, -0.1) is 0 Å². The average molecular weight is 994 g/mol. The predicted octanol–water partition coefficient (Wildman–Crippen LogP) is 5.05. The van der Waals surface area contributed by atoms with E-state index in [1.165, 1.54) is 21.1 Å². The number of likely N-dealkylation sites (N-methyl/N-ethyl adjacent to an activating group) is 1. The molecule has 0 saturated carbocycles. The third-order valence-electron chi connectivity index (χ3n) is 15.1. The minimum Gasteiger partial charge on any atom is -0.459 e. The van der Waals surface area contributed by atoms with Crippen molar-refractivity contribution >= 4 is 23.8 Å². The number of cyclic esters (lactones) is 1. The smallest absolute Gasteiger partial charge is 0.407 e. The van der Waals surface area contributed by atoms with Crippen LogP contribution in [0.3, 0.4) is 0 Å². The third-order valence-corrected chi connectivity index (χ3v) is 15.1. The summed E-state index contributed by atoms with van der Waals surface area (Å²) in [6.07, 6.45) is -7.70. The van der Waals surface area contributed by atoms with Crippen LogP contribution < -0.4 is 10.6 Å². The minimum atomic E-state index is -2.01. The Hall–Kier alpha value is -3.30. The van der Waals surface area contributed by atoms with Crippen molar-refractivity contribution in [3.8, 4) is 0 Å². The molecule has 3 aliphatic heterocycles. The lowest BCUT2D eigenvalue weighted by Crippen LogP contribution is -2.62. The molecule has 2 amide bonds. The second kappa shape index (κ2) is 26.1. The maximum atomic E-state index is 14.5. The van der Waals surface area contributed by atoms with Gasteiger partial charge in [0.2, 0.25) is 5.91 Å². The Morgan fingerprint density at radius 2 is 1.49 bits per heavy atom. The Morgan fingerprint density at radius 1 is 0.843 bits per heavy atom. The molecule has 1 aromatic rings. The van der Waals surface area contributed by atoms with E-state index in [9.17, 15) is 34.5 Å². The van der Waals surface area contributed by atoms with Crippen molar-refractivity contribution < 1.29 is 72.4 Å². The lowest BCUT2D eigenvalue weighted by molar-refractivity contribution is -0.319. The number of hydrogen-bond donors (Lipinski definition) is 5. The van der Waals surface area contributed by atoms with Crippen LogP contribution in [0.15, 0.2) is 30.3 Å². The van der Waals surface area contributed by atoms with Crippen molar-refractivity contribution in [2.75, 3.05) is 34.9 Å². The number of benzene rings is 1. The molecule has 3 heterocycles. The highest BCUT2D eigenvalue weighted by atomic mass is 16.7. The molecule has 4 rings (SSSR count). The van der Waals surface area contributed by atoms with Crippen LogP contribution in [0.5, 0.6) is 0 Å². The zero-order valence-corrected chi connectivity index (χ0v) is 44.3. The summed E-state index contributed by atoms with van der Waals surface area (Å²) in [5, 5.41) is 40.9. The Labute approximate surface area is 416 Å². The quantitative estimate of drug-likeness (QED) is 0.102. The van der Waals surface area contributed by atoms with Gasteiger partial charge in [0, 0.05) is 63.9 Å². The van der Waals surface area contributed by atoms with E-state index in [4.69, 9.17) is 37.9 Å². The van der Waals surface area contributed by atoms with Gasteiger partial charge in [-0.05, 0) is 93.3 Å². The van der Waals surface area contributed by atoms with Gasteiger partial charge in [-0.25, -0.2) is 4.79 Å². The first-order valence-corrected chi connectivity index (χ1v) is 25.3. The number of alkyl carbamates (subject to hydrolysis) is 1. The van der Waals surface area contributed by atoms with Gasteiger partial charge in [-0.2, -0.15) is 0 Å². The Morgan fingerprint density at radius 3 is 2.10 bits per heavy atom. The van der Waals surface area contributed by atoms with Crippen LogP contribution in [0.4, 0.5) is 4.79 Å². The highest BCUT2D eigenvalue weighted by Crippen LogP contribution is 2.42. The monoisotopic (exact) mass is 994 g/mol. The fraction of sp³-hybridized carbons (Fsp3) is 0.808. The number of nitrogens with one attached hydrogen (secondary N) is 2. The largest absolute Gasteiger partial charge is 0.459 e. The second-order valence-corrected chi connectivity index (χ2v) is 21.0. The lowest BCUT2D eigenvalue weighted by Gasteiger charge is -2.50. The molecule has 3 aliphatic rings. The molecule has 0 radical (unpaired) electrons. The molecule has 0 unspecified atom stereocenters. The number of ketones is 1. The van der Waals surface area contributed by atoms with Gasteiger partial charge in [-0.3, -0.25) is 14.4 Å². The minimum absolute atomic E-state index is 0.0322. The molecule has 3 saturated heterocycles. The molecule has 0 spiro atoms. The van der Waals surface area contributed by atoms with Crippen LogP contribution in [-0.2, 0) is 58.8 Å². The Kier molecular flexibility index (Phi) is 22.1. The van der Waals surface area contributed by atoms with Crippen LogP contribution in [-0.4, -0.2) is 163 Å². The van der Waals surface area contributed by atoms with Gasteiger partial charge in [0.15, 0.2) is 18.7 Å². The molecule has 70 heavy (non-hydrogen) atoms. The van der Waals surface area contributed by atoms with Crippen molar-refractivity contribution in [3.63, 3.8) is 0 Å². The highest BCUT2D eigenvalue weighted by Gasteiger charge is 2.55. The summed E-state index contributed by atoms with van der Waals surface area (Å²) in [4.78, 5) is 56.2. The summed E-state index contributed by atoms with van der Waals surface area (Å²) in [7, 11) is 6.74. The number of hydrogen-bond acceptors (Lipinski definition) is 16. The number of unbranched alkanes of at least 4 members (excludes halogenated alkanes) is 2. The van der Waals surface area contributed by atoms with E-state index in [0.717, 1.165) is 12.0 Å². The molecule has 18 atom stereocenters. The van der Waals surface area contributed by atoms with Gasteiger partial charge in [0.05, 0.1) is 42.0 Å². The first-order valence-electron chi connectivity index (χ1n) is 25.3. The van der Waals surface area contributed by atoms with E-state index in [1.54, 1.807) is 48.5 Å². The van der Waals surface area contributed by atoms with Crippen molar-refractivity contribution in [2.24, 2.45) is 23.7 Å². The van der Waals surface area contributed by atoms with Crippen molar-refractivity contribution in [1.29, 1.82) is 0 Å². The molecule has 0 aromatic heterocycles. The first-order chi connectivity index (χ1) is 32.8. The van der Waals surface area contributed by atoms with Gasteiger partial charge >= 0.3 is 12.1 Å². The van der Waals surface area contributed by atoms with Crippen LogP contribution in [0.25, 0.3) is 0 Å². The number of aliphatic hydroxyl groups excluding tert-OH is 2. The van der Waals surface area contributed by atoms with Gasteiger partial charge in [-0.1, -0.05) is 64.4 Å². The number of nitrogens with zero attached hydrogens (tertiary/aromatic N) is 1. The Bertz CT molecular complexity index is 1820. The normalized spacial score (nSPS) is 39.1. The molecule has 400 valence electrons. The molecule has 5 N–H and O–H groups in total. The fourth-order valence-electron chi connectivity index (χ4n) is 10.6. The zero-order valence-electron chi connectivity index (χ0n) is 44.3. The highest BCUT2D eigenvalue weighted by molar-refractivity contribution is 5.83. The number of Topliss-reactive ketones (excluding diaryl/α,β-unsaturated/α-hetero) is 1. The predicted molar refractivity (Wildman–Crippen MR) is 260 cm³/mol. The number of methoxy groups -OCH3 is 2. The number of amides is 2. The molecule has 18 heteroatoms. The van der Waals surface area contributed by atoms with Gasteiger partial charge in [0.25, 0.3) is 0 Å². The molecule has 1 aromatic carbocycles. The topological polar surface area (TPSA) is 230 Å². The number of carbonyl (C=O) groups is 4. The molecule has 0 aliphatic carbocycles. The number of aliphatic hydroxyl groups is 3. The van der Waals surface area contributed by atoms with E-state index in [1.807, 2.05) is 63.2 Å². The van der Waals surface area contributed by atoms with E-state index >= 15 is 0 Å². The molecular weight excluding hydrogens is 907 g/mol. The molecular formula is C52H87N3O15. The summed E-state index contributed by atoms with van der Waals surface area (Å²) in [6, 6.07) is 9.37. The zero-order chi connectivity index (χ0) is 52.3. The van der Waals surface area contributed by atoms with Gasteiger partial charge < -0.3 is 68.7 Å². The summed E-state index contributed by atoms with van der Waals surface area (Å²) in [5.74, 6) is -4.79. The second-order valence-electron chi connectivity index (χ2n) is 21.0. The van der Waals surface area contributed by atoms with Crippen LogP contribution in [0.2, 0.25) is 0 Å². The maximum absolute atomic E-state index is 14.5. The molecule has 3 fully saturated rings. The summed E-state index contributed by atoms with van der Waals surface area (Å²) in [5.41, 5.74) is -3.45. The average Bonchev–Trinajstić information content (AvgIpc) is 3.32. The number of esters is 1. The SMILES string of the molecule is CC[C@H]1OC(=O)[C@H](C)[C@@H](O[C@H]2C[C@@](C)(OC)[C@@H](OC(=O)NCCCCCC(=O)NCc3ccccc3)[C@H](C)O2)[C@H](C)[C@@H](O[C@@H]2O[C@H](C)C[C@H](N(C)C)[C@H]2O)[C@](C)(OC)C[C@@H](C)C(=O)[C@H](C)[C@@H](O)[C@]1(C)O. The summed E-state index contributed by atoms with van der Waals surface area (Å²) < 4.78 is 51.0. The molecule has 0 bridgehead atoms. The summed E-state index contributed by atoms with van der Waals surface area (Å²) >= 11 is 0. The Balaban J connectivity index is 1.59. The standard InChI is InChI=1S/C52H87N3O15/c1-15-38-52(10,62)44(59)32(4)41(57)30(2)27-50(8,63-13)45(69-48-42(58)37(55(11)12)26-31(3)65-48)33(5)43(34(6)47(60)67-38)68-40-28-51(9,64-14)46(35(7)66-40)70-49(61)53-25-21-17-20-24-39(56)54-29-36-22-18-16-19-23-36/h16,18-19,22-23,30-35,37-38,40,42-46,48,58-59,62H,15,17,20-21,24-29H2,1-14H3,(H,53,61)(H,54,56)/t30-,31-,32+,33+,34-,35+,37+,38-,40+,42-,43+,44-,45-,46+,48+,50-,51-,52-/m1/s1. The number of carbonyl (C=O) groups excluding carboxylic acids is 4. The van der Waals surface area contributed by atoms with Crippen LogP contribution in [0, 0.1) is 23.7 Å². The third kappa shape index (κ3) is 14.9. The van der Waals surface area contributed by atoms with E-state index < -0.39 is 108 Å². The van der Waals surface area contributed by atoms with Crippen LogP contribution in [0.1, 0.15) is 126 Å². The first kappa shape index (κ1) is 59.3.